The minimum absolute atomic E-state index is 0.0979. The molecule has 0 aliphatic carbocycles. The van der Waals surface area contributed by atoms with Gasteiger partial charge in [-0.05, 0) is 36.9 Å². The Morgan fingerprint density at radius 2 is 1.76 bits per heavy atom. The highest BCUT2D eigenvalue weighted by Crippen LogP contribution is 2.19. The number of piperazine rings is 1. The fourth-order valence-electron chi connectivity index (χ4n) is 2.88. The third-order valence-electron chi connectivity index (χ3n) is 4.42. The zero-order valence-corrected chi connectivity index (χ0v) is 15.9. The van der Waals surface area contributed by atoms with Crippen molar-refractivity contribution in [2.24, 2.45) is 0 Å². The SMILES string of the molecule is Cc1ccc(S(=O)(=O)N2CCN(C(=O)CCc3cccs3)CC2)cc1. The van der Waals surface area contributed by atoms with Crippen LogP contribution in [0.1, 0.15) is 16.9 Å². The van der Waals surface area contributed by atoms with E-state index in [2.05, 4.69) is 0 Å². The minimum Gasteiger partial charge on any atom is -0.340 e. The first-order valence-corrected chi connectivity index (χ1v) is 10.7. The molecule has 1 aliphatic heterocycles. The lowest BCUT2D eigenvalue weighted by Gasteiger charge is -2.34. The van der Waals surface area contributed by atoms with Crippen molar-refractivity contribution in [3.05, 3.63) is 52.2 Å². The maximum absolute atomic E-state index is 12.7. The molecule has 1 aromatic heterocycles. The van der Waals surface area contributed by atoms with Crippen LogP contribution in [0.2, 0.25) is 0 Å². The molecule has 1 aromatic carbocycles. The van der Waals surface area contributed by atoms with Crippen molar-refractivity contribution in [2.45, 2.75) is 24.7 Å². The highest BCUT2D eigenvalue weighted by atomic mass is 32.2. The van der Waals surface area contributed by atoms with Crippen LogP contribution in [0.3, 0.4) is 0 Å². The Balaban J connectivity index is 1.55. The van der Waals surface area contributed by atoms with Crippen LogP contribution in [0.25, 0.3) is 0 Å². The van der Waals surface area contributed by atoms with E-state index in [1.165, 1.54) is 9.18 Å². The molecule has 2 heterocycles. The number of hydrogen-bond acceptors (Lipinski definition) is 4. The average molecular weight is 379 g/mol. The van der Waals surface area contributed by atoms with Crippen molar-refractivity contribution in [1.29, 1.82) is 0 Å². The minimum atomic E-state index is -3.48. The van der Waals surface area contributed by atoms with Gasteiger partial charge in [-0.25, -0.2) is 8.42 Å². The Morgan fingerprint density at radius 3 is 2.36 bits per heavy atom. The van der Waals surface area contributed by atoms with Crippen molar-refractivity contribution in [1.82, 2.24) is 9.21 Å². The largest absolute Gasteiger partial charge is 0.340 e. The molecule has 0 atom stereocenters. The van der Waals surface area contributed by atoms with Crippen LogP contribution in [0.4, 0.5) is 0 Å². The van der Waals surface area contributed by atoms with E-state index in [1.807, 2.05) is 24.4 Å². The molecule has 0 saturated carbocycles. The van der Waals surface area contributed by atoms with Gasteiger partial charge in [0.2, 0.25) is 15.9 Å². The van der Waals surface area contributed by atoms with Crippen molar-refractivity contribution < 1.29 is 13.2 Å². The predicted octanol–water partition coefficient (Wildman–Crippen LogP) is 2.52. The molecule has 0 N–H and O–H groups in total. The van der Waals surface area contributed by atoms with E-state index in [0.29, 0.717) is 37.5 Å². The summed E-state index contributed by atoms with van der Waals surface area (Å²) in [5.41, 5.74) is 1.03. The first kappa shape index (κ1) is 18.1. The van der Waals surface area contributed by atoms with Crippen LogP contribution in [0.15, 0.2) is 46.7 Å². The quantitative estimate of drug-likeness (QED) is 0.803. The van der Waals surface area contributed by atoms with Crippen LogP contribution in [0.5, 0.6) is 0 Å². The third-order valence-corrected chi connectivity index (χ3v) is 7.26. The predicted molar refractivity (Wildman–Crippen MR) is 99.2 cm³/mol. The van der Waals surface area contributed by atoms with Crippen LogP contribution in [-0.4, -0.2) is 49.7 Å². The molecule has 0 spiro atoms. The summed E-state index contributed by atoms with van der Waals surface area (Å²) in [6.07, 6.45) is 1.23. The van der Waals surface area contributed by atoms with Gasteiger partial charge in [-0.3, -0.25) is 4.79 Å². The number of aryl methyl sites for hydroxylation is 2. The van der Waals surface area contributed by atoms with Gasteiger partial charge in [-0.15, -0.1) is 11.3 Å². The van der Waals surface area contributed by atoms with E-state index in [9.17, 15) is 13.2 Å². The number of nitrogens with zero attached hydrogens (tertiary/aromatic N) is 2. The zero-order valence-electron chi connectivity index (χ0n) is 14.2. The number of amides is 1. The lowest BCUT2D eigenvalue weighted by atomic mass is 10.2. The first-order valence-electron chi connectivity index (χ1n) is 8.34. The van der Waals surface area contributed by atoms with Gasteiger partial charge in [0.25, 0.3) is 0 Å². The molecule has 134 valence electrons. The summed E-state index contributed by atoms with van der Waals surface area (Å²) < 4.78 is 26.8. The molecule has 5 nitrogen and oxygen atoms in total. The molecule has 25 heavy (non-hydrogen) atoms. The lowest BCUT2D eigenvalue weighted by Crippen LogP contribution is -2.50. The molecule has 1 aliphatic rings. The monoisotopic (exact) mass is 378 g/mol. The highest BCUT2D eigenvalue weighted by Gasteiger charge is 2.29. The maximum Gasteiger partial charge on any atom is 0.243 e. The number of carbonyl (C=O) groups excluding carboxylic acids is 1. The first-order chi connectivity index (χ1) is 12.0. The third kappa shape index (κ3) is 4.29. The Bertz CT molecular complexity index is 807. The summed E-state index contributed by atoms with van der Waals surface area (Å²) in [7, 11) is -3.48. The van der Waals surface area contributed by atoms with Crippen LogP contribution < -0.4 is 0 Å². The number of carbonyl (C=O) groups is 1. The van der Waals surface area contributed by atoms with Gasteiger partial charge in [0.15, 0.2) is 0 Å². The van der Waals surface area contributed by atoms with E-state index in [-0.39, 0.29) is 5.91 Å². The normalized spacial score (nSPS) is 16.1. The van der Waals surface area contributed by atoms with Crippen LogP contribution in [-0.2, 0) is 21.2 Å². The van der Waals surface area contributed by atoms with E-state index in [4.69, 9.17) is 0 Å². The molecule has 7 heteroatoms. The maximum atomic E-state index is 12.7. The summed E-state index contributed by atoms with van der Waals surface area (Å²) in [6, 6.07) is 10.9. The molecular formula is C18H22N2O3S2. The second-order valence-electron chi connectivity index (χ2n) is 6.18. The average Bonchev–Trinajstić information content (AvgIpc) is 3.14. The summed E-state index contributed by atoms with van der Waals surface area (Å²) in [5.74, 6) is 0.0979. The second-order valence-corrected chi connectivity index (χ2v) is 9.15. The molecule has 1 amide bonds. The molecule has 2 aromatic rings. The Kier molecular flexibility index (Phi) is 5.56. The van der Waals surface area contributed by atoms with Gasteiger partial charge < -0.3 is 4.90 Å². The summed E-state index contributed by atoms with van der Waals surface area (Å²) in [6.45, 7) is 3.53. The molecule has 3 rings (SSSR count). The smallest absolute Gasteiger partial charge is 0.243 e. The van der Waals surface area contributed by atoms with Crippen molar-refractivity contribution in [2.75, 3.05) is 26.2 Å². The van der Waals surface area contributed by atoms with Gasteiger partial charge in [-0.2, -0.15) is 4.31 Å². The topological polar surface area (TPSA) is 57.7 Å². The molecule has 1 fully saturated rings. The van der Waals surface area contributed by atoms with E-state index in [0.717, 1.165) is 12.0 Å². The molecular weight excluding hydrogens is 356 g/mol. The highest BCUT2D eigenvalue weighted by molar-refractivity contribution is 7.89. The summed E-state index contributed by atoms with van der Waals surface area (Å²) >= 11 is 1.66. The Labute approximate surface area is 152 Å². The van der Waals surface area contributed by atoms with E-state index < -0.39 is 10.0 Å². The van der Waals surface area contributed by atoms with Gasteiger partial charge >= 0.3 is 0 Å². The zero-order chi connectivity index (χ0) is 17.9. The fourth-order valence-corrected chi connectivity index (χ4v) is 5.01. The van der Waals surface area contributed by atoms with Crippen molar-refractivity contribution >= 4 is 27.3 Å². The standard InChI is InChI=1S/C18H22N2O3S2/c1-15-4-7-17(8-5-15)25(22,23)20-12-10-19(11-13-20)18(21)9-6-16-3-2-14-24-16/h2-5,7-8,14H,6,9-13H2,1H3. The van der Waals surface area contributed by atoms with Crippen LogP contribution >= 0.6 is 11.3 Å². The van der Waals surface area contributed by atoms with Gasteiger partial charge in [0.1, 0.15) is 0 Å². The molecule has 0 unspecified atom stereocenters. The number of thiophene rings is 1. The van der Waals surface area contributed by atoms with Gasteiger partial charge in [0.05, 0.1) is 4.90 Å². The van der Waals surface area contributed by atoms with Crippen molar-refractivity contribution in [3.63, 3.8) is 0 Å². The molecule has 0 radical (unpaired) electrons. The molecule has 0 bridgehead atoms. The summed E-state index contributed by atoms with van der Waals surface area (Å²) in [5, 5.41) is 2.01. The van der Waals surface area contributed by atoms with Gasteiger partial charge in [-0.1, -0.05) is 23.8 Å². The second kappa shape index (κ2) is 7.68. The van der Waals surface area contributed by atoms with E-state index in [1.54, 1.807) is 40.5 Å². The number of rotatable bonds is 5. The fraction of sp³-hybridized carbons (Fsp3) is 0.389. The van der Waals surface area contributed by atoms with Crippen LogP contribution in [0, 0.1) is 6.92 Å². The number of sulfonamides is 1. The number of hydrogen-bond donors (Lipinski definition) is 0. The van der Waals surface area contributed by atoms with Crippen molar-refractivity contribution in [3.8, 4) is 0 Å². The number of benzene rings is 1. The Hall–Kier alpha value is -1.70. The van der Waals surface area contributed by atoms with E-state index >= 15 is 0 Å². The lowest BCUT2D eigenvalue weighted by molar-refractivity contribution is -0.132. The Morgan fingerprint density at radius 1 is 1.08 bits per heavy atom. The van der Waals surface area contributed by atoms with Gasteiger partial charge in [0, 0.05) is 37.5 Å². The molecule has 1 saturated heterocycles. The summed E-state index contributed by atoms with van der Waals surface area (Å²) in [4.78, 5) is 15.6.